The maximum absolute atomic E-state index is 12.8. The first-order chi connectivity index (χ1) is 15.9. The number of anilines is 1. The highest BCUT2D eigenvalue weighted by Crippen LogP contribution is 2.25. The number of esters is 1. The fourth-order valence-corrected chi connectivity index (χ4v) is 3.39. The van der Waals surface area contributed by atoms with Crippen molar-refractivity contribution in [1.82, 2.24) is 14.8 Å². The van der Waals surface area contributed by atoms with Crippen LogP contribution in [-0.2, 0) is 9.53 Å². The van der Waals surface area contributed by atoms with Crippen molar-refractivity contribution in [1.29, 1.82) is 0 Å². The molecular weight excluding hydrogens is 420 g/mol. The summed E-state index contributed by atoms with van der Waals surface area (Å²) in [5.41, 5.74) is 3.52. The summed E-state index contributed by atoms with van der Waals surface area (Å²) in [6, 6.07) is 16.0. The molecule has 1 amide bonds. The molecule has 2 aromatic carbocycles. The largest absolute Gasteiger partial charge is 0.451 e. The molecule has 4 rings (SSSR count). The zero-order chi connectivity index (χ0) is 23.4. The number of ketones is 1. The Morgan fingerprint density at radius 1 is 1.03 bits per heavy atom. The fraction of sp³-hybridized carbons (Fsp3) is 0.120. The zero-order valence-corrected chi connectivity index (χ0v) is 18.1. The van der Waals surface area contributed by atoms with Crippen LogP contribution < -0.4 is 5.32 Å². The molecule has 33 heavy (non-hydrogen) atoms. The predicted molar refractivity (Wildman–Crippen MR) is 123 cm³/mol. The number of aromatic amines is 1. The smallest absolute Gasteiger partial charge is 0.341 e. The second-order valence-electron chi connectivity index (χ2n) is 7.46. The van der Waals surface area contributed by atoms with Gasteiger partial charge in [-0.3, -0.25) is 9.59 Å². The van der Waals surface area contributed by atoms with Gasteiger partial charge in [-0.1, -0.05) is 18.2 Å². The van der Waals surface area contributed by atoms with Crippen LogP contribution in [0.15, 0.2) is 79.4 Å². The van der Waals surface area contributed by atoms with Gasteiger partial charge in [-0.25, -0.2) is 9.48 Å². The molecule has 8 nitrogen and oxygen atoms in total. The van der Waals surface area contributed by atoms with Gasteiger partial charge in [0.05, 0.1) is 17.4 Å². The molecule has 0 aliphatic rings. The molecular formula is C25H22N4O4. The monoisotopic (exact) mass is 442 g/mol. The summed E-state index contributed by atoms with van der Waals surface area (Å²) in [6.45, 7) is 2.93. The molecule has 1 unspecified atom stereocenters. The quantitative estimate of drug-likeness (QED) is 0.329. The summed E-state index contributed by atoms with van der Waals surface area (Å²) >= 11 is 0. The molecule has 2 aromatic heterocycles. The van der Waals surface area contributed by atoms with Crippen LogP contribution in [0.25, 0.3) is 16.8 Å². The van der Waals surface area contributed by atoms with E-state index in [0.29, 0.717) is 22.4 Å². The molecule has 166 valence electrons. The number of nitrogens with zero attached hydrogens (tertiary/aromatic N) is 2. The van der Waals surface area contributed by atoms with Gasteiger partial charge in [-0.15, -0.1) is 0 Å². The van der Waals surface area contributed by atoms with Gasteiger partial charge in [0.1, 0.15) is 0 Å². The van der Waals surface area contributed by atoms with Gasteiger partial charge >= 0.3 is 5.97 Å². The van der Waals surface area contributed by atoms with Gasteiger partial charge in [-0.05, 0) is 43.3 Å². The number of ether oxygens (including phenoxy) is 1. The molecule has 0 saturated heterocycles. The third kappa shape index (κ3) is 4.90. The number of benzene rings is 2. The summed E-state index contributed by atoms with van der Waals surface area (Å²) in [5.74, 6) is -1.16. The summed E-state index contributed by atoms with van der Waals surface area (Å²) in [7, 11) is 0. The van der Waals surface area contributed by atoms with E-state index in [-0.39, 0.29) is 11.7 Å². The SMILES string of the molecule is CC(=O)Nc1ccc(C(=O)C(C)OC(=O)c2c[nH]cc2-c2cnn(-c3ccccc3)c2)cc1. The molecule has 0 radical (unpaired) electrons. The lowest BCUT2D eigenvalue weighted by Crippen LogP contribution is -2.24. The summed E-state index contributed by atoms with van der Waals surface area (Å²) < 4.78 is 7.17. The van der Waals surface area contributed by atoms with Crippen molar-refractivity contribution in [3.63, 3.8) is 0 Å². The number of amides is 1. The molecule has 0 aliphatic heterocycles. The van der Waals surface area contributed by atoms with Gasteiger partial charge in [0, 0.05) is 47.9 Å². The zero-order valence-electron chi connectivity index (χ0n) is 18.1. The van der Waals surface area contributed by atoms with E-state index >= 15 is 0 Å². The fourth-order valence-electron chi connectivity index (χ4n) is 3.39. The minimum absolute atomic E-state index is 0.201. The van der Waals surface area contributed by atoms with Gasteiger partial charge in [0.2, 0.25) is 11.7 Å². The Hall–Kier alpha value is -4.46. The molecule has 0 saturated carbocycles. The number of carbonyl (C=O) groups is 3. The Kier molecular flexibility index (Phi) is 6.17. The number of carbonyl (C=O) groups excluding carboxylic acids is 3. The van der Waals surface area contributed by atoms with Crippen molar-refractivity contribution in [3.05, 3.63) is 90.5 Å². The van der Waals surface area contributed by atoms with Crippen LogP contribution in [0, 0.1) is 0 Å². The topological polar surface area (TPSA) is 106 Å². The van der Waals surface area contributed by atoms with Crippen LogP contribution in [0.1, 0.15) is 34.6 Å². The highest BCUT2D eigenvalue weighted by atomic mass is 16.5. The van der Waals surface area contributed by atoms with Crippen molar-refractivity contribution in [2.24, 2.45) is 0 Å². The normalized spacial score (nSPS) is 11.6. The van der Waals surface area contributed by atoms with Crippen LogP contribution >= 0.6 is 0 Å². The van der Waals surface area contributed by atoms with Crippen molar-refractivity contribution in [3.8, 4) is 16.8 Å². The number of hydrogen-bond acceptors (Lipinski definition) is 5. The second-order valence-corrected chi connectivity index (χ2v) is 7.46. The van der Waals surface area contributed by atoms with E-state index in [1.807, 2.05) is 36.5 Å². The number of aromatic nitrogens is 3. The van der Waals surface area contributed by atoms with E-state index < -0.39 is 12.1 Å². The molecule has 0 spiro atoms. The first kappa shape index (κ1) is 21.8. The van der Waals surface area contributed by atoms with Crippen molar-refractivity contribution in [2.45, 2.75) is 20.0 Å². The number of H-pyrrole nitrogens is 1. The Bertz CT molecular complexity index is 1290. The lowest BCUT2D eigenvalue weighted by atomic mass is 10.1. The second kappa shape index (κ2) is 9.35. The number of Topliss-reactive ketones (excluding diaryl/α,β-unsaturated/α-hetero) is 1. The van der Waals surface area contributed by atoms with Crippen LogP contribution in [0.3, 0.4) is 0 Å². The molecule has 2 heterocycles. The number of rotatable bonds is 7. The molecule has 1 atom stereocenters. The summed E-state index contributed by atoms with van der Waals surface area (Å²) in [6.07, 6.45) is 5.73. The Labute approximate surface area is 190 Å². The molecule has 8 heteroatoms. The molecule has 4 aromatic rings. The lowest BCUT2D eigenvalue weighted by molar-refractivity contribution is -0.114. The van der Waals surface area contributed by atoms with Crippen LogP contribution in [0.2, 0.25) is 0 Å². The van der Waals surface area contributed by atoms with Crippen LogP contribution in [-0.4, -0.2) is 38.5 Å². The molecule has 0 aliphatic carbocycles. The average Bonchev–Trinajstić information content (AvgIpc) is 3.49. The van der Waals surface area contributed by atoms with Gasteiger partial charge < -0.3 is 15.0 Å². The molecule has 2 N–H and O–H groups in total. The minimum Gasteiger partial charge on any atom is -0.451 e. The highest BCUT2D eigenvalue weighted by Gasteiger charge is 2.23. The van der Waals surface area contributed by atoms with Gasteiger partial charge in [-0.2, -0.15) is 5.10 Å². The van der Waals surface area contributed by atoms with Crippen molar-refractivity contribution >= 4 is 23.3 Å². The third-order valence-electron chi connectivity index (χ3n) is 5.02. The number of hydrogen-bond donors (Lipinski definition) is 2. The van der Waals surface area contributed by atoms with Crippen LogP contribution in [0.4, 0.5) is 5.69 Å². The number of nitrogens with one attached hydrogen (secondary N) is 2. The summed E-state index contributed by atoms with van der Waals surface area (Å²) in [4.78, 5) is 39.6. The van der Waals surface area contributed by atoms with E-state index in [2.05, 4.69) is 15.4 Å². The Morgan fingerprint density at radius 2 is 1.76 bits per heavy atom. The summed E-state index contributed by atoms with van der Waals surface area (Å²) in [5, 5.41) is 7.01. The van der Waals surface area contributed by atoms with E-state index in [9.17, 15) is 14.4 Å². The van der Waals surface area contributed by atoms with Gasteiger partial charge in [0.25, 0.3) is 0 Å². The van der Waals surface area contributed by atoms with Crippen LogP contribution in [0.5, 0.6) is 0 Å². The van der Waals surface area contributed by atoms with Crippen molar-refractivity contribution in [2.75, 3.05) is 5.32 Å². The van der Waals surface area contributed by atoms with E-state index in [1.165, 1.54) is 20.0 Å². The van der Waals surface area contributed by atoms with E-state index in [0.717, 1.165) is 11.3 Å². The third-order valence-corrected chi connectivity index (χ3v) is 5.02. The Balaban J connectivity index is 1.46. The average molecular weight is 442 g/mol. The maximum atomic E-state index is 12.8. The number of para-hydroxylation sites is 1. The first-order valence-electron chi connectivity index (χ1n) is 10.3. The standard InChI is InChI=1S/C25H22N4O4/c1-16(24(31)18-8-10-20(11-9-18)28-17(2)30)33-25(32)23-14-26-13-22(23)19-12-27-29(15-19)21-6-4-3-5-7-21/h3-16,26H,1-2H3,(H,28,30). The lowest BCUT2D eigenvalue weighted by Gasteiger charge is -2.13. The molecule has 0 bridgehead atoms. The Morgan fingerprint density at radius 3 is 2.45 bits per heavy atom. The highest BCUT2D eigenvalue weighted by molar-refractivity contribution is 6.03. The van der Waals surface area contributed by atoms with E-state index in [1.54, 1.807) is 41.3 Å². The maximum Gasteiger partial charge on any atom is 0.341 e. The van der Waals surface area contributed by atoms with Gasteiger partial charge in [0.15, 0.2) is 6.10 Å². The van der Waals surface area contributed by atoms with Crippen molar-refractivity contribution < 1.29 is 19.1 Å². The molecule has 0 fully saturated rings. The van der Waals surface area contributed by atoms with E-state index in [4.69, 9.17) is 4.74 Å². The first-order valence-corrected chi connectivity index (χ1v) is 10.3. The minimum atomic E-state index is -0.987. The predicted octanol–water partition coefficient (Wildman–Crippen LogP) is 4.25.